The molecule has 1 amide bonds. The van der Waals surface area contributed by atoms with Crippen LogP contribution in [0.15, 0.2) is 5.16 Å². The Kier molecular flexibility index (Phi) is 4.64. The molecule has 1 atom stereocenters. The molecule has 0 heterocycles. The van der Waals surface area contributed by atoms with Crippen molar-refractivity contribution >= 4 is 11.9 Å². The Labute approximate surface area is 126 Å². The van der Waals surface area contributed by atoms with E-state index in [1.165, 1.54) is 0 Å². The fraction of sp³-hybridized carbons (Fsp3) is 0.867. The van der Waals surface area contributed by atoms with Gasteiger partial charge in [-0.2, -0.15) is 0 Å². The average molecular weight is 297 g/mol. The third-order valence-corrected chi connectivity index (χ3v) is 4.11. The van der Waals surface area contributed by atoms with E-state index in [1.807, 2.05) is 20.8 Å². The first-order chi connectivity index (χ1) is 9.83. The molecule has 0 unspecified atom stereocenters. The molecule has 21 heavy (non-hydrogen) atoms. The van der Waals surface area contributed by atoms with Crippen LogP contribution in [0, 0.1) is 5.92 Å². The number of oxime groups is 1. The second-order valence-corrected chi connectivity index (χ2v) is 7.13. The van der Waals surface area contributed by atoms with E-state index in [2.05, 4.69) is 5.16 Å². The molecule has 6 heteroatoms. The summed E-state index contributed by atoms with van der Waals surface area (Å²) < 4.78 is 5.53. The summed E-state index contributed by atoms with van der Waals surface area (Å²) >= 11 is 0. The monoisotopic (exact) mass is 297 g/mol. The number of carbonyl (C=O) groups is 1. The molecule has 2 aliphatic carbocycles. The fourth-order valence-corrected chi connectivity index (χ4v) is 3.10. The lowest BCUT2D eigenvalue weighted by molar-refractivity contribution is 0.0145. The third-order valence-electron chi connectivity index (χ3n) is 4.11. The summed E-state index contributed by atoms with van der Waals surface area (Å²) in [6, 6.07) is -0.189. The molecule has 2 aliphatic rings. The maximum Gasteiger partial charge on any atom is 0.411 e. The van der Waals surface area contributed by atoms with Crippen molar-refractivity contribution in [3.63, 3.8) is 0 Å². The lowest BCUT2D eigenvalue weighted by atomic mass is 9.95. The topological polar surface area (TPSA) is 88.2 Å². The molecule has 120 valence electrons. The van der Waals surface area contributed by atoms with Crippen molar-refractivity contribution < 1.29 is 14.7 Å². The Morgan fingerprint density at radius 2 is 1.86 bits per heavy atom. The number of amidine groups is 1. The standard InChI is InChI=1S/C15H27N3O3/c1-15(2,3)21-14(19)18(11-8-9-11)12(13(16)17-20)10-6-4-5-7-10/h10-12,20H,4-9H2,1-3H3,(H2,16,17)/t12-/m1/s1. The maximum absolute atomic E-state index is 12.6. The fourth-order valence-electron chi connectivity index (χ4n) is 3.10. The zero-order valence-electron chi connectivity index (χ0n) is 13.2. The van der Waals surface area contributed by atoms with Gasteiger partial charge < -0.3 is 15.7 Å². The van der Waals surface area contributed by atoms with Gasteiger partial charge in [0.2, 0.25) is 0 Å². The number of hydrogen-bond donors (Lipinski definition) is 2. The number of amides is 1. The van der Waals surface area contributed by atoms with E-state index in [0.29, 0.717) is 0 Å². The summed E-state index contributed by atoms with van der Waals surface area (Å²) in [4.78, 5) is 14.3. The Hall–Kier alpha value is -1.46. The molecular weight excluding hydrogens is 270 g/mol. The van der Waals surface area contributed by atoms with Crippen LogP contribution < -0.4 is 5.73 Å². The van der Waals surface area contributed by atoms with Gasteiger partial charge in [-0.25, -0.2) is 4.79 Å². The van der Waals surface area contributed by atoms with Gasteiger partial charge in [0.1, 0.15) is 5.60 Å². The van der Waals surface area contributed by atoms with Gasteiger partial charge in [-0.05, 0) is 52.4 Å². The summed E-state index contributed by atoms with van der Waals surface area (Å²) in [6.45, 7) is 5.55. The predicted octanol–water partition coefficient (Wildman–Crippen LogP) is 2.69. The van der Waals surface area contributed by atoms with Crippen LogP contribution in [-0.4, -0.2) is 39.7 Å². The van der Waals surface area contributed by atoms with Crippen LogP contribution in [0.25, 0.3) is 0 Å². The molecule has 0 aliphatic heterocycles. The van der Waals surface area contributed by atoms with Crippen molar-refractivity contribution in [1.29, 1.82) is 0 Å². The molecule has 6 nitrogen and oxygen atoms in total. The van der Waals surface area contributed by atoms with E-state index in [1.54, 1.807) is 4.90 Å². The molecule has 0 aromatic carbocycles. The molecule has 0 aromatic rings. The quantitative estimate of drug-likeness (QED) is 0.361. The van der Waals surface area contributed by atoms with E-state index in [-0.39, 0.29) is 29.9 Å². The van der Waals surface area contributed by atoms with Crippen LogP contribution in [-0.2, 0) is 4.74 Å². The van der Waals surface area contributed by atoms with Crippen LogP contribution in [0.5, 0.6) is 0 Å². The molecule has 0 bridgehead atoms. The van der Waals surface area contributed by atoms with Crippen molar-refractivity contribution in [2.24, 2.45) is 16.8 Å². The zero-order valence-corrected chi connectivity index (χ0v) is 13.2. The van der Waals surface area contributed by atoms with Gasteiger partial charge in [0.15, 0.2) is 5.84 Å². The first-order valence-corrected chi connectivity index (χ1v) is 7.82. The van der Waals surface area contributed by atoms with Crippen molar-refractivity contribution in [2.45, 2.75) is 77.0 Å². The normalized spacial score (nSPS) is 22.1. The van der Waals surface area contributed by atoms with Crippen molar-refractivity contribution in [3.05, 3.63) is 0 Å². The van der Waals surface area contributed by atoms with E-state index in [0.717, 1.165) is 38.5 Å². The first kappa shape index (κ1) is 15.9. The minimum atomic E-state index is -0.546. The van der Waals surface area contributed by atoms with E-state index in [9.17, 15) is 4.79 Å². The Morgan fingerprint density at radius 1 is 1.29 bits per heavy atom. The summed E-state index contributed by atoms with van der Waals surface area (Å²) in [5.41, 5.74) is 5.37. The van der Waals surface area contributed by atoms with Gasteiger partial charge in [-0.3, -0.25) is 4.90 Å². The van der Waals surface area contributed by atoms with Gasteiger partial charge in [-0.1, -0.05) is 18.0 Å². The van der Waals surface area contributed by atoms with Gasteiger partial charge in [0.25, 0.3) is 0 Å². The highest BCUT2D eigenvalue weighted by atomic mass is 16.6. The second-order valence-electron chi connectivity index (χ2n) is 7.13. The number of carbonyl (C=O) groups excluding carboxylic acids is 1. The Balaban J connectivity index is 2.21. The third kappa shape index (κ3) is 4.02. The number of rotatable bonds is 4. The molecule has 0 saturated heterocycles. The predicted molar refractivity (Wildman–Crippen MR) is 80.2 cm³/mol. The minimum absolute atomic E-state index is 0.125. The highest BCUT2D eigenvalue weighted by Gasteiger charge is 2.44. The molecular formula is C15H27N3O3. The molecule has 0 spiro atoms. The summed E-state index contributed by atoms with van der Waals surface area (Å²) in [5, 5.41) is 12.3. The Morgan fingerprint density at radius 3 is 2.29 bits per heavy atom. The molecule has 2 saturated carbocycles. The minimum Gasteiger partial charge on any atom is -0.444 e. The van der Waals surface area contributed by atoms with Crippen molar-refractivity contribution in [3.8, 4) is 0 Å². The number of nitrogens with zero attached hydrogens (tertiary/aromatic N) is 2. The van der Waals surface area contributed by atoms with Crippen molar-refractivity contribution in [1.82, 2.24) is 4.90 Å². The lowest BCUT2D eigenvalue weighted by Crippen LogP contribution is -2.53. The number of nitrogens with two attached hydrogens (primary N) is 1. The van der Waals surface area contributed by atoms with Gasteiger partial charge in [0, 0.05) is 6.04 Å². The van der Waals surface area contributed by atoms with E-state index >= 15 is 0 Å². The van der Waals surface area contributed by atoms with Gasteiger partial charge >= 0.3 is 6.09 Å². The van der Waals surface area contributed by atoms with Crippen LogP contribution >= 0.6 is 0 Å². The van der Waals surface area contributed by atoms with Crippen LogP contribution in [0.3, 0.4) is 0 Å². The molecule has 0 aromatic heterocycles. The highest BCUT2D eigenvalue weighted by molar-refractivity contribution is 5.89. The first-order valence-electron chi connectivity index (χ1n) is 7.82. The van der Waals surface area contributed by atoms with E-state index < -0.39 is 5.60 Å². The summed E-state index contributed by atoms with van der Waals surface area (Å²) in [6.07, 6.45) is 5.84. The largest absolute Gasteiger partial charge is 0.444 e. The molecule has 2 rings (SSSR count). The molecule has 0 radical (unpaired) electrons. The average Bonchev–Trinajstić information content (AvgIpc) is 3.07. The van der Waals surface area contributed by atoms with Crippen LogP contribution in [0.2, 0.25) is 0 Å². The Bertz CT molecular complexity index is 407. The maximum atomic E-state index is 12.6. The number of hydrogen-bond acceptors (Lipinski definition) is 4. The second kappa shape index (κ2) is 6.12. The van der Waals surface area contributed by atoms with Crippen LogP contribution in [0.4, 0.5) is 4.79 Å². The summed E-state index contributed by atoms with van der Waals surface area (Å²) in [7, 11) is 0. The van der Waals surface area contributed by atoms with Gasteiger partial charge in [-0.15, -0.1) is 0 Å². The summed E-state index contributed by atoms with van der Waals surface area (Å²) in [5.74, 6) is 0.383. The molecule has 3 N–H and O–H groups in total. The zero-order chi connectivity index (χ0) is 15.6. The smallest absolute Gasteiger partial charge is 0.411 e. The number of ether oxygens (including phenoxy) is 1. The van der Waals surface area contributed by atoms with Crippen molar-refractivity contribution in [2.75, 3.05) is 0 Å². The molecule has 2 fully saturated rings. The van der Waals surface area contributed by atoms with Gasteiger partial charge in [0.05, 0.1) is 6.04 Å². The highest BCUT2D eigenvalue weighted by Crippen LogP contribution is 2.37. The SMILES string of the molecule is CC(C)(C)OC(=O)N(C1CC1)[C@@H](C(N)=NO)C1CCCC1. The van der Waals surface area contributed by atoms with Crippen LogP contribution in [0.1, 0.15) is 59.3 Å². The lowest BCUT2D eigenvalue weighted by Gasteiger charge is -2.36. The van der Waals surface area contributed by atoms with E-state index in [4.69, 9.17) is 15.7 Å².